The van der Waals surface area contributed by atoms with Gasteiger partial charge in [-0.1, -0.05) is 48.0 Å². The van der Waals surface area contributed by atoms with Crippen LogP contribution in [0.3, 0.4) is 0 Å². The fourth-order valence-corrected chi connectivity index (χ4v) is 3.18. The number of aryl methyl sites for hydroxylation is 1. The van der Waals surface area contributed by atoms with Gasteiger partial charge in [0.2, 0.25) is 0 Å². The zero-order valence-electron chi connectivity index (χ0n) is 13.7. The lowest BCUT2D eigenvalue weighted by Crippen LogP contribution is -2.36. The van der Waals surface area contributed by atoms with Gasteiger partial charge in [0.05, 0.1) is 6.04 Å². The topological polar surface area (TPSA) is 32.3 Å². The summed E-state index contributed by atoms with van der Waals surface area (Å²) in [7, 11) is 0. The Morgan fingerprint density at radius 3 is 2.35 bits per heavy atom. The molecule has 3 heteroatoms. The van der Waals surface area contributed by atoms with E-state index in [9.17, 15) is 4.79 Å². The van der Waals surface area contributed by atoms with Crippen LogP contribution < -0.4 is 5.32 Å². The number of hydrogen-bond donors (Lipinski definition) is 1. The summed E-state index contributed by atoms with van der Waals surface area (Å²) < 4.78 is 0. The Hall–Kier alpha value is -2.13. The highest BCUT2D eigenvalue weighted by molar-refractivity contribution is 5.94. The van der Waals surface area contributed by atoms with Crippen LogP contribution in [-0.4, -0.2) is 30.4 Å². The summed E-state index contributed by atoms with van der Waals surface area (Å²) in [5, 5.41) is 3.11. The first-order chi connectivity index (χ1) is 11.2. The number of likely N-dealkylation sites (tertiary alicyclic amines) is 1. The average molecular weight is 308 g/mol. The Morgan fingerprint density at radius 2 is 1.70 bits per heavy atom. The van der Waals surface area contributed by atoms with Crippen molar-refractivity contribution in [2.75, 3.05) is 19.6 Å². The first-order valence-corrected chi connectivity index (χ1v) is 8.38. The molecule has 1 unspecified atom stereocenters. The minimum atomic E-state index is 0.00475. The number of nitrogens with one attached hydrogen (secondary N) is 1. The molecule has 0 spiro atoms. The van der Waals surface area contributed by atoms with E-state index in [2.05, 4.69) is 34.5 Å². The smallest absolute Gasteiger partial charge is 0.251 e. The maximum Gasteiger partial charge on any atom is 0.251 e. The van der Waals surface area contributed by atoms with Gasteiger partial charge >= 0.3 is 0 Å². The highest BCUT2D eigenvalue weighted by Crippen LogP contribution is 2.24. The van der Waals surface area contributed by atoms with Crippen LogP contribution in [0.25, 0.3) is 0 Å². The Balaban J connectivity index is 1.69. The highest BCUT2D eigenvalue weighted by Gasteiger charge is 2.23. The molecule has 3 rings (SSSR count). The van der Waals surface area contributed by atoms with Gasteiger partial charge in [-0.05, 0) is 50.6 Å². The number of hydrogen-bond acceptors (Lipinski definition) is 2. The highest BCUT2D eigenvalue weighted by atomic mass is 16.1. The van der Waals surface area contributed by atoms with Crippen LogP contribution in [0.4, 0.5) is 0 Å². The van der Waals surface area contributed by atoms with E-state index in [4.69, 9.17) is 0 Å². The number of carbonyl (C=O) groups excluding carboxylic acids is 1. The third kappa shape index (κ3) is 3.99. The predicted molar refractivity (Wildman–Crippen MR) is 93.5 cm³/mol. The Labute approximate surface area is 138 Å². The number of carbonyl (C=O) groups is 1. The molecule has 23 heavy (non-hydrogen) atoms. The zero-order chi connectivity index (χ0) is 16.1. The lowest BCUT2D eigenvalue weighted by atomic mass is 10.1. The van der Waals surface area contributed by atoms with Crippen molar-refractivity contribution in [3.05, 3.63) is 71.3 Å². The molecule has 0 saturated carbocycles. The molecule has 3 nitrogen and oxygen atoms in total. The fourth-order valence-electron chi connectivity index (χ4n) is 3.18. The van der Waals surface area contributed by atoms with E-state index in [-0.39, 0.29) is 11.9 Å². The van der Waals surface area contributed by atoms with Gasteiger partial charge in [0.25, 0.3) is 5.91 Å². The lowest BCUT2D eigenvalue weighted by Gasteiger charge is -2.28. The molecule has 0 aliphatic carbocycles. The molecule has 1 amide bonds. The Kier molecular flexibility index (Phi) is 5.09. The molecule has 120 valence electrons. The molecule has 1 N–H and O–H groups in total. The minimum absolute atomic E-state index is 0.00475. The van der Waals surface area contributed by atoms with E-state index in [1.165, 1.54) is 24.0 Å². The molecule has 1 atom stereocenters. The number of nitrogens with zero attached hydrogens (tertiary/aromatic N) is 1. The summed E-state index contributed by atoms with van der Waals surface area (Å²) in [5.41, 5.74) is 3.17. The summed E-state index contributed by atoms with van der Waals surface area (Å²) in [6.45, 7) is 4.90. The standard InChI is InChI=1S/C20H24N2O/c1-16-9-11-18(12-10-16)20(23)21-15-19(22-13-5-6-14-22)17-7-3-2-4-8-17/h2-4,7-12,19H,5-6,13-15H2,1H3,(H,21,23). The molecule has 1 aliphatic rings. The van der Waals surface area contributed by atoms with Crippen molar-refractivity contribution in [1.82, 2.24) is 10.2 Å². The molecule has 1 saturated heterocycles. The molecular weight excluding hydrogens is 284 g/mol. The van der Waals surface area contributed by atoms with Crippen molar-refractivity contribution in [3.63, 3.8) is 0 Å². The van der Waals surface area contributed by atoms with Crippen molar-refractivity contribution in [1.29, 1.82) is 0 Å². The van der Waals surface area contributed by atoms with Gasteiger partial charge in [-0.15, -0.1) is 0 Å². The predicted octanol–water partition coefficient (Wildman–Crippen LogP) is 3.56. The quantitative estimate of drug-likeness (QED) is 0.916. The largest absolute Gasteiger partial charge is 0.350 e. The van der Waals surface area contributed by atoms with Crippen LogP contribution in [0.5, 0.6) is 0 Å². The molecule has 0 radical (unpaired) electrons. The second kappa shape index (κ2) is 7.42. The van der Waals surface area contributed by atoms with Crippen LogP contribution in [0.1, 0.15) is 40.4 Å². The minimum Gasteiger partial charge on any atom is -0.350 e. The normalized spacial score (nSPS) is 16.2. The second-order valence-corrected chi connectivity index (χ2v) is 6.25. The van der Waals surface area contributed by atoms with Crippen LogP contribution in [0.2, 0.25) is 0 Å². The molecule has 2 aromatic rings. The van der Waals surface area contributed by atoms with Crippen molar-refractivity contribution in [3.8, 4) is 0 Å². The molecule has 0 bridgehead atoms. The van der Waals surface area contributed by atoms with Gasteiger partial charge in [0.15, 0.2) is 0 Å². The number of benzene rings is 2. The Morgan fingerprint density at radius 1 is 1.04 bits per heavy atom. The summed E-state index contributed by atoms with van der Waals surface area (Å²) >= 11 is 0. The third-order valence-corrected chi connectivity index (χ3v) is 4.54. The Bertz CT molecular complexity index is 630. The fraction of sp³-hybridized carbons (Fsp3) is 0.350. The van der Waals surface area contributed by atoms with Gasteiger partial charge in [0, 0.05) is 12.1 Å². The molecule has 1 heterocycles. The van der Waals surface area contributed by atoms with Crippen LogP contribution in [0, 0.1) is 6.92 Å². The number of amides is 1. The van der Waals surface area contributed by atoms with E-state index < -0.39 is 0 Å². The van der Waals surface area contributed by atoms with Gasteiger partial charge < -0.3 is 5.32 Å². The maximum absolute atomic E-state index is 12.4. The van der Waals surface area contributed by atoms with Gasteiger partial charge in [0.1, 0.15) is 0 Å². The van der Waals surface area contributed by atoms with E-state index in [0.29, 0.717) is 6.54 Å². The van der Waals surface area contributed by atoms with Gasteiger partial charge in [-0.25, -0.2) is 0 Å². The van der Waals surface area contributed by atoms with Gasteiger partial charge in [-0.3, -0.25) is 9.69 Å². The maximum atomic E-state index is 12.4. The third-order valence-electron chi connectivity index (χ3n) is 4.54. The van der Waals surface area contributed by atoms with E-state index in [1.807, 2.05) is 37.3 Å². The van der Waals surface area contributed by atoms with Crippen molar-refractivity contribution in [2.24, 2.45) is 0 Å². The lowest BCUT2D eigenvalue weighted by molar-refractivity contribution is 0.0938. The summed E-state index contributed by atoms with van der Waals surface area (Å²) in [6.07, 6.45) is 2.49. The van der Waals surface area contributed by atoms with Crippen LogP contribution in [0.15, 0.2) is 54.6 Å². The molecular formula is C20H24N2O. The van der Waals surface area contributed by atoms with Crippen molar-refractivity contribution >= 4 is 5.91 Å². The second-order valence-electron chi connectivity index (χ2n) is 6.25. The molecule has 1 fully saturated rings. The first kappa shape index (κ1) is 15.8. The van der Waals surface area contributed by atoms with Crippen LogP contribution in [-0.2, 0) is 0 Å². The monoisotopic (exact) mass is 308 g/mol. The van der Waals surface area contributed by atoms with E-state index in [1.54, 1.807) is 0 Å². The van der Waals surface area contributed by atoms with Crippen LogP contribution >= 0.6 is 0 Å². The van der Waals surface area contributed by atoms with Gasteiger partial charge in [-0.2, -0.15) is 0 Å². The number of rotatable bonds is 5. The SMILES string of the molecule is Cc1ccc(C(=O)NCC(c2ccccc2)N2CCCC2)cc1. The first-order valence-electron chi connectivity index (χ1n) is 8.38. The molecule has 1 aliphatic heterocycles. The van der Waals surface area contributed by atoms with E-state index >= 15 is 0 Å². The van der Waals surface area contributed by atoms with Crippen molar-refractivity contribution in [2.45, 2.75) is 25.8 Å². The molecule has 2 aromatic carbocycles. The zero-order valence-corrected chi connectivity index (χ0v) is 13.7. The van der Waals surface area contributed by atoms with E-state index in [0.717, 1.165) is 18.7 Å². The average Bonchev–Trinajstić information content (AvgIpc) is 3.11. The summed E-state index contributed by atoms with van der Waals surface area (Å²) in [6, 6.07) is 18.5. The van der Waals surface area contributed by atoms with Crippen molar-refractivity contribution < 1.29 is 4.79 Å². The molecule has 0 aromatic heterocycles. The summed E-state index contributed by atoms with van der Waals surface area (Å²) in [4.78, 5) is 14.9. The summed E-state index contributed by atoms with van der Waals surface area (Å²) in [5.74, 6) is 0.00475.